The number of phenolic OH excluding ortho intramolecular Hbond substituents is 1. The molecule has 4 aromatic rings. The highest BCUT2D eigenvalue weighted by Gasteiger charge is 2.06. The van der Waals surface area contributed by atoms with Crippen molar-refractivity contribution >= 4 is 29.4 Å². The van der Waals surface area contributed by atoms with E-state index < -0.39 is 5.82 Å². The summed E-state index contributed by atoms with van der Waals surface area (Å²) in [6.45, 7) is 3.58. The van der Waals surface area contributed by atoms with Gasteiger partial charge < -0.3 is 20.5 Å². The molecule has 4 rings (SSSR count). The fraction of sp³-hybridized carbons (Fsp3) is 0.185. The summed E-state index contributed by atoms with van der Waals surface area (Å²) < 4.78 is 19.3. The molecule has 4 N–H and O–H groups in total. The van der Waals surface area contributed by atoms with Gasteiger partial charge in [-0.3, -0.25) is 4.98 Å². The van der Waals surface area contributed by atoms with Gasteiger partial charge in [0.15, 0.2) is 11.6 Å². The van der Waals surface area contributed by atoms with E-state index in [-0.39, 0.29) is 17.5 Å². The number of nitrogens with zero attached hydrogens (tertiary/aromatic N) is 4. The number of hydrazone groups is 1. The van der Waals surface area contributed by atoms with Crippen LogP contribution in [0.15, 0.2) is 78.2 Å². The first kappa shape index (κ1) is 25.5. The number of phenols is 1. The van der Waals surface area contributed by atoms with Crippen molar-refractivity contribution in [1.29, 1.82) is 0 Å². The molecule has 0 aliphatic heterocycles. The van der Waals surface area contributed by atoms with E-state index in [0.717, 1.165) is 35.1 Å². The molecule has 0 atom stereocenters. The normalized spacial score (nSPS) is 11.0. The van der Waals surface area contributed by atoms with Gasteiger partial charge in [-0.25, -0.2) is 14.8 Å². The summed E-state index contributed by atoms with van der Waals surface area (Å²) in [4.78, 5) is 12.4. The smallest absolute Gasteiger partial charge is 0.245 e. The van der Waals surface area contributed by atoms with Crippen molar-refractivity contribution < 1.29 is 14.2 Å². The summed E-state index contributed by atoms with van der Waals surface area (Å²) in [6.07, 6.45) is 5.22. The van der Waals surface area contributed by atoms with Crippen LogP contribution < -0.4 is 16.1 Å². The Kier molecular flexibility index (Phi) is 8.92. The minimum absolute atomic E-state index is 0.0799. The van der Waals surface area contributed by atoms with Crippen molar-refractivity contribution in [1.82, 2.24) is 15.0 Å². The zero-order valence-electron chi connectivity index (χ0n) is 20.4. The minimum Gasteiger partial charge on any atom is -0.508 e. The molecule has 10 heteroatoms. The summed E-state index contributed by atoms with van der Waals surface area (Å²) in [6, 6.07) is 18.7. The number of hydrogen-bond donors (Lipinski definition) is 4. The Bertz CT molecular complexity index is 1320. The summed E-state index contributed by atoms with van der Waals surface area (Å²) in [5.74, 6) is -0.0811. The molecular weight excluding hydrogens is 473 g/mol. The second kappa shape index (κ2) is 12.9. The van der Waals surface area contributed by atoms with Crippen LogP contribution in [0.2, 0.25) is 0 Å². The lowest BCUT2D eigenvalue weighted by Crippen LogP contribution is -2.13. The molecular formula is C27H28FN7O2. The largest absolute Gasteiger partial charge is 0.508 e. The van der Waals surface area contributed by atoms with Gasteiger partial charge in [-0.1, -0.05) is 31.2 Å². The number of hydrogen-bond acceptors (Lipinski definition) is 9. The van der Waals surface area contributed by atoms with E-state index in [1.54, 1.807) is 18.3 Å². The zero-order chi connectivity index (χ0) is 25.9. The Hall–Kier alpha value is -4.57. The molecule has 190 valence electrons. The van der Waals surface area contributed by atoms with Gasteiger partial charge in [-0.05, 0) is 53.9 Å². The molecule has 0 aliphatic carbocycles. The van der Waals surface area contributed by atoms with Gasteiger partial charge in [-0.15, -0.1) is 0 Å². The summed E-state index contributed by atoms with van der Waals surface area (Å²) in [5.41, 5.74) is 6.98. The average molecular weight is 502 g/mol. The van der Waals surface area contributed by atoms with Crippen LogP contribution in [0, 0.1) is 5.82 Å². The number of rotatable bonds is 12. The number of aromatic hydroxyl groups is 1. The van der Waals surface area contributed by atoms with Crippen LogP contribution in [0.3, 0.4) is 0 Å². The van der Waals surface area contributed by atoms with Gasteiger partial charge >= 0.3 is 0 Å². The highest BCUT2D eigenvalue weighted by atomic mass is 19.1. The quantitative estimate of drug-likeness (QED) is 0.116. The first-order chi connectivity index (χ1) is 18.1. The molecule has 0 radical (unpaired) electrons. The van der Waals surface area contributed by atoms with Gasteiger partial charge in [-0.2, -0.15) is 10.1 Å². The fourth-order valence-electron chi connectivity index (χ4n) is 3.34. The monoisotopic (exact) mass is 501 g/mol. The van der Waals surface area contributed by atoms with Crippen molar-refractivity contribution in [2.75, 3.05) is 35.8 Å². The number of halogens is 1. The molecule has 0 bridgehead atoms. The van der Waals surface area contributed by atoms with Gasteiger partial charge in [0.2, 0.25) is 5.95 Å². The van der Waals surface area contributed by atoms with Crippen molar-refractivity contribution in [2.24, 2.45) is 5.10 Å². The molecule has 0 aliphatic rings. The van der Waals surface area contributed by atoms with E-state index in [0.29, 0.717) is 25.5 Å². The number of pyridine rings is 1. The van der Waals surface area contributed by atoms with Crippen LogP contribution >= 0.6 is 0 Å². The first-order valence-electron chi connectivity index (χ1n) is 11.9. The van der Waals surface area contributed by atoms with Crippen LogP contribution in [-0.2, 0) is 4.74 Å². The maximum absolute atomic E-state index is 13.9. The topological polar surface area (TPSA) is 117 Å². The summed E-state index contributed by atoms with van der Waals surface area (Å²) >= 11 is 0. The molecule has 2 aromatic heterocycles. The van der Waals surface area contributed by atoms with Crippen LogP contribution in [0.4, 0.5) is 27.5 Å². The van der Waals surface area contributed by atoms with E-state index >= 15 is 0 Å². The fourth-order valence-corrected chi connectivity index (χ4v) is 3.34. The Morgan fingerprint density at radius 1 is 0.973 bits per heavy atom. The third-order valence-corrected chi connectivity index (χ3v) is 5.13. The molecule has 0 saturated carbocycles. The van der Waals surface area contributed by atoms with E-state index in [1.165, 1.54) is 6.21 Å². The number of aromatic nitrogens is 3. The second-order valence-electron chi connectivity index (χ2n) is 8.02. The highest BCUT2D eigenvalue weighted by Crippen LogP contribution is 2.25. The van der Waals surface area contributed by atoms with Crippen molar-refractivity contribution in [3.63, 3.8) is 0 Å². The Morgan fingerprint density at radius 2 is 1.81 bits per heavy atom. The lowest BCUT2D eigenvalue weighted by Gasteiger charge is -2.08. The van der Waals surface area contributed by atoms with Gasteiger partial charge in [0, 0.05) is 18.8 Å². The van der Waals surface area contributed by atoms with Gasteiger partial charge in [0.1, 0.15) is 5.75 Å². The van der Waals surface area contributed by atoms with Crippen molar-refractivity contribution in [3.8, 4) is 16.9 Å². The average Bonchev–Trinajstić information content (AvgIpc) is 2.91. The molecule has 0 spiro atoms. The maximum atomic E-state index is 13.9. The second-order valence-corrected chi connectivity index (χ2v) is 8.02. The number of anilines is 4. The molecule has 2 aromatic carbocycles. The van der Waals surface area contributed by atoms with Crippen LogP contribution in [0.1, 0.15) is 19.0 Å². The van der Waals surface area contributed by atoms with Crippen LogP contribution in [0.5, 0.6) is 5.75 Å². The lowest BCUT2D eigenvalue weighted by molar-refractivity contribution is 0.144. The molecule has 0 amide bonds. The Labute approximate surface area is 214 Å². The molecule has 9 nitrogen and oxygen atoms in total. The van der Waals surface area contributed by atoms with Crippen molar-refractivity contribution in [3.05, 3.63) is 84.6 Å². The standard InChI is InChI=1S/C27H28FN7O2/c1-2-13-37-14-12-29-26-25(28)18-31-27(34-26)35-32-17-22-10-11-23(16-30-22)33-21-8-6-19(7-9-21)20-4-3-5-24(36)15-20/h3-11,15-18,33,36H,2,12-14H2,1H3,(H2,29,31,34,35)/b32-17+. The zero-order valence-corrected chi connectivity index (χ0v) is 20.4. The molecule has 0 fully saturated rings. The molecule has 2 heterocycles. The van der Waals surface area contributed by atoms with Crippen LogP contribution in [-0.4, -0.2) is 46.0 Å². The van der Waals surface area contributed by atoms with E-state index in [4.69, 9.17) is 4.74 Å². The predicted octanol–water partition coefficient (Wildman–Crippen LogP) is 5.41. The van der Waals surface area contributed by atoms with Gasteiger partial charge in [0.25, 0.3) is 0 Å². The van der Waals surface area contributed by atoms with Gasteiger partial charge in [0.05, 0.1) is 36.6 Å². The minimum atomic E-state index is -0.552. The Balaban J connectivity index is 1.29. The predicted molar refractivity (Wildman–Crippen MR) is 144 cm³/mol. The SMILES string of the molecule is CCCOCCNc1nc(N/N=C/c2ccc(Nc3ccc(-c4cccc(O)c4)cc3)cn2)ncc1F. The Morgan fingerprint density at radius 3 is 2.57 bits per heavy atom. The number of benzene rings is 2. The molecule has 0 saturated heterocycles. The third-order valence-electron chi connectivity index (χ3n) is 5.13. The molecule has 0 unspecified atom stereocenters. The summed E-state index contributed by atoms with van der Waals surface area (Å²) in [5, 5.41) is 19.9. The van der Waals surface area contributed by atoms with E-state index in [2.05, 4.69) is 36.1 Å². The van der Waals surface area contributed by atoms with E-state index in [1.807, 2.05) is 55.5 Å². The maximum Gasteiger partial charge on any atom is 0.245 e. The number of nitrogens with one attached hydrogen (secondary N) is 3. The number of ether oxygens (including phenoxy) is 1. The third kappa shape index (κ3) is 7.71. The molecule has 37 heavy (non-hydrogen) atoms. The highest BCUT2D eigenvalue weighted by molar-refractivity contribution is 5.78. The van der Waals surface area contributed by atoms with Crippen molar-refractivity contribution in [2.45, 2.75) is 13.3 Å². The van der Waals surface area contributed by atoms with E-state index in [9.17, 15) is 9.50 Å². The van der Waals surface area contributed by atoms with Crippen LogP contribution in [0.25, 0.3) is 11.1 Å². The lowest BCUT2D eigenvalue weighted by atomic mass is 10.1. The first-order valence-corrected chi connectivity index (χ1v) is 11.9. The summed E-state index contributed by atoms with van der Waals surface area (Å²) in [7, 11) is 0.